The van der Waals surface area contributed by atoms with Gasteiger partial charge in [-0.1, -0.05) is 18.2 Å². The second-order valence-electron chi connectivity index (χ2n) is 6.10. The predicted molar refractivity (Wildman–Crippen MR) is 95.2 cm³/mol. The molecule has 2 aromatic heterocycles. The Morgan fingerprint density at radius 1 is 1.28 bits per heavy atom. The van der Waals surface area contributed by atoms with Crippen LogP contribution < -0.4 is 5.73 Å². The number of fused-ring (bicyclic) bond motifs is 1. The number of benzene rings is 1. The van der Waals surface area contributed by atoms with Gasteiger partial charge in [0.25, 0.3) is 5.91 Å². The summed E-state index contributed by atoms with van der Waals surface area (Å²) in [4.78, 5) is 30.4. The van der Waals surface area contributed by atoms with Gasteiger partial charge in [-0.05, 0) is 31.4 Å². The SMILES string of the molecule is NC(=O)[C@@H]1CCCCN1C(=O)c1csc(-c2cc3ccccc3o2)n1. The average molecular weight is 355 g/mol. The summed E-state index contributed by atoms with van der Waals surface area (Å²) in [5.74, 6) is -0.0711. The maximum Gasteiger partial charge on any atom is 0.274 e. The van der Waals surface area contributed by atoms with Crippen LogP contribution in [0.15, 0.2) is 40.1 Å². The molecule has 1 atom stereocenters. The number of piperidine rings is 1. The van der Waals surface area contributed by atoms with Crippen molar-refractivity contribution in [1.82, 2.24) is 9.88 Å². The number of nitrogens with two attached hydrogens (primary N) is 1. The second-order valence-corrected chi connectivity index (χ2v) is 6.96. The van der Waals surface area contributed by atoms with Crippen molar-refractivity contribution in [2.45, 2.75) is 25.3 Å². The fraction of sp³-hybridized carbons (Fsp3) is 0.278. The number of thiazole rings is 1. The first-order valence-corrected chi connectivity index (χ1v) is 9.06. The normalized spacial score (nSPS) is 17.8. The van der Waals surface area contributed by atoms with Crippen LogP contribution in [0.3, 0.4) is 0 Å². The Bertz CT molecular complexity index is 913. The Labute approximate surface area is 148 Å². The second kappa shape index (κ2) is 6.33. The number of amides is 2. The van der Waals surface area contributed by atoms with Gasteiger partial charge in [-0.3, -0.25) is 9.59 Å². The topological polar surface area (TPSA) is 89.4 Å². The Morgan fingerprint density at radius 2 is 2.12 bits per heavy atom. The van der Waals surface area contributed by atoms with Crippen LogP contribution >= 0.6 is 11.3 Å². The first-order chi connectivity index (χ1) is 12.1. The van der Waals surface area contributed by atoms with Gasteiger partial charge < -0.3 is 15.1 Å². The van der Waals surface area contributed by atoms with Crippen LogP contribution in [0.4, 0.5) is 0 Å². The maximum atomic E-state index is 12.8. The molecule has 1 saturated heterocycles. The van der Waals surface area contributed by atoms with Crippen LogP contribution in [0.5, 0.6) is 0 Å². The highest BCUT2D eigenvalue weighted by atomic mass is 32.1. The summed E-state index contributed by atoms with van der Waals surface area (Å²) in [6.07, 6.45) is 2.39. The van der Waals surface area contributed by atoms with Crippen molar-refractivity contribution < 1.29 is 14.0 Å². The van der Waals surface area contributed by atoms with E-state index in [9.17, 15) is 9.59 Å². The van der Waals surface area contributed by atoms with Gasteiger partial charge in [-0.15, -0.1) is 11.3 Å². The van der Waals surface area contributed by atoms with Crippen LogP contribution in [-0.4, -0.2) is 34.3 Å². The zero-order valence-electron chi connectivity index (χ0n) is 13.5. The molecule has 128 valence electrons. The van der Waals surface area contributed by atoms with Gasteiger partial charge in [0, 0.05) is 17.3 Å². The van der Waals surface area contributed by atoms with Crippen molar-refractivity contribution in [3.8, 4) is 10.8 Å². The Hall–Kier alpha value is -2.67. The number of likely N-dealkylation sites (tertiary alicyclic amines) is 1. The van der Waals surface area contributed by atoms with Crippen molar-refractivity contribution in [3.63, 3.8) is 0 Å². The monoisotopic (exact) mass is 355 g/mol. The number of para-hydroxylation sites is 1. The molecule has 25 heavy (non-hydrogen) atoms. The lowest BCUT2D eigenvalue weighted by Crippen LogP contribution is -2.50. The number of furan rings is 1. The smallest absolute Gasteiger partial charge is 0.274 e. The van der Waals surface area contributed by atoms with E-state index in [0.29, 0.717) is 29.4 Å². The van der Waals surface area contributed by atoms with Crippen LogP contribution in [0.1, 0.15) is 29.8 Å². The number of rotatable bonds is 3. The minimum Gasteiger partial charge on any atom is -0.454 e. The van der Waals surface area contributed by atoms with E-state index in [1.165, 1.54) is 11.3 Å². The highest BCUT2D eigenvalue weighted by Crippen LogP contribution is 2.30. The van der Waals surface area contributed by atoms with E-state index in [2.05, 4.69) is 4.98 Å². The summed E-state index contributed by atoms with van der Waals surface area (Å²) in [6, 6.07) is 9.08. The molecular weight excluding hydrogens is 338 g/mol. The van der Waals surface area contributed by atoms with E-state index in [1.807, 2.05) is 30.3 Å². The minimum absolute atomic E-state index is 0.248. The third-order valence-electron chi connectivity index (χ3n) is 4.45. The molecule has 3 heterocycles. The van der Waals surface area contributed by atoms with E-state index in [1.54, 1.807) is 10.3 Å². The molecule has 4 rings (SSSR count). The highest BCUT2D eigenvalue weighted by Gasteiger charge is 2.32. The Balaban J connectivity index is 1.61. The van der Waals surface area contributed by atoms with Crippen LogP contribution in [0, 0.1) is 0 Å². The number of hydrogen-bond donors (Lipinski definition) is 1. The van der Waals surface area contributed by atoms with Gasteiger partial charge in [0.15, 0.2) is 10.8 Å². The Kier molecular flexibility index (Phi) is 4.01. The molecule has 1 aliphatic rings. The molecule has 0 radical (unpaired) electrons. The first-order valence-electron chi connectivity index (χ1n) is 8.18. The van der Waals surface area contributed by atoms with Crippen LogP contribution in [0.25, 0.3) is 21.7 Å². The molecule has 2 N–H and O–H groups in total. The van der Waals surface area contributed by atoms with Crippen molar-refractivity contribution >= 4 is 34.1 Å². The van der Waals surface area contributed by atoms with Crippen molar-refractivity contribution in [3.05, 3.63) is 41.4 Å². The largest absolute Gasteiger partial charge is 0.454 e. The standard InChI is InChI=1S/C18H17N3O3S/c19-16(22)13-6-3-4-8-21(13)18(23)12-10-25-17(20-12)15-9-11-5-1-2-7-14(11)24-15/h1-2,5,7,9-10,13H,3-4,6,8H2,(H2,19,22)/t13-/m0/s1. The van der Waals surface area contributed by atoms with E-state index < -0.39 is 11.9 Å². The van der Waals surface area contributed by atoms with Gasteiger partial charge >= 0.3 is 0 Å². The van der Waals surface area contributed by atoms with Gasteiger partial charge in [-0.25, -0.2) is 4.98 Å². The molecule has 6 nitrogen and oxygen atoms in total. The van der Waals surface area contributed by atoms with Gasteiger partial charge in [0.2, 0.25) is 5.91 Å². The van der Waals surface area contributed by atoms with Crippen molar-refractivity contribution in [2.24, 2.45) is 5.73 Å². The number of carbonyl (C=O) groups excluding carboxylic acids is 2. The molecule has 0 unspecified atom stereocenters. The molecule has 0 bridgehead atoms. The zero-order valence-corrected chi connectivity index (χ0v) is 14.3. The molecule has 0 aliphatic carbocycles. The molecule has 1 aliphatic heterocycles. The zero-order chi connectivity index (χ0) is 17.4. The summed E-state index contributed by atoms with van der Waals surface area (Å²) in [5.41, 5.74) is 6.56. The lowest BCUT2D eigenvalue weighted by atomic mass is 10.0. The van der Waals surface area contributed by atoms with Crippen LogP contribution in [-0.2, 0) is 4.79 Å². The minimum atomic E-state index is -0.544. The molecular formula is C18H17N3O3S. The fourth-order valence-corrected chi connectivity index (χ4v) is 3.93. The lowest BCUT2D eigenvalue weighted by Gasteiger charge is -2.33. The molecule has 3 aromatic rings. The molecule has 7 heteroatoms. The lowest BCUT2D eigenvalue weighted by molar-refractivity contribution is -0.123. The number of nitrogens with zero attached hydrogens (tertiary/aromatic N) is 2. The van der Waals surface area contributed by atoms with Crippen LogP contribution in [0.2, 0.25) is 0 Å². The predicted octanol–water partition coefficient (Wildman–Crippen LogP) is 3.04. The summed E-state index contributed by atoms with van der Waals surface area (Å²) in [7, 11) is 0. The molecule has 1 aromatic carbocycles. The fourth-order valence-electron chi connectivity index (χ4n) is 3.19. The summed E-state index contributed by atoms with van der Waals surface area (Å²) in [6.45, 7) is 0.532. The van der Waals surface area contributed by atoms with E-state index in [0.717, 1.165) is 23.8 Å². The number of primary amides is 1. The number of aromatic nitrogens is 1. The Morgan fingerprint density at radius 3 is 2.92 bits per heavy atom. The third kappa shape index (κ3) is 2.91. The maximum absolute atomic E-state index is 12.8. The average Bonchev–Trinajstić information content (AvgIpc) is 3.27. The first kappa shape index (κ1) is 15.8. The van der Waals surface area contributed by atoms with Crippen molar-refractivity contribution in [1.29, 1.82) is 0 Å². The summed E-state index contributed by atoms with van der Waals surface area (Å²) < 4.78 is 5.80. The number of hydrogen-bond acceptors (Lipinski definition) is 5. The van der Waals surface area contributed by atoms with Gasteiger partial charge in [0.05, 0.1) is 0 Å². The van der Waals surface area contributed by atoms with Gasteiger partial charge in [-0.2, -0.15) is 0 Å². The van der Waals surface area contributed by atoms with E-state index in [4.69, 9.17) is 10.2 Å². The highest BCUT2D eigenvalue weighted by molar-refractivity contribution is 7.13. The number of carbonyl (C=O) groups is 2. The quantitative estimate of drug-likeness (QED) is 0.782. The molecule has 0 spiro atoms. The van der Waals surface area contributed by atoms with Crippen molar-refractivity contribution in [2.75, 3.05) is 6.54 Å². The molecule has 1 fully saturated rings. The summed E-state index contributed by atoms with van der Waals surface area (Å²) >= 11 is 1.35. The third-order valence-corrected chi connectivity index (χ3v) is 5.31. The van der Waals surface area contributed by atoms with E-state index >= 15 is 0 Å². The van der Waals surface area contributed by atoms with E-state index in [-0.39, 0.29) is 5.91 Å². The molecule has 2 amide bonds. The summed E-state index contributed by atoms with van der Waals surface area (Å²) in [5, 5.41) is 3.34. The molecule has 0 saturated carbocycles. The van der Waals surface area contributed by atoms with Gasteiger partial charge in [0.1, 0.15) is 17.3 Å².